The number of carbonyl (C=O) groups is 2. The fourth-order valence-corrected chi connectivity index (χ4v) is 8.32. The molecule has 4 nitrogen and oxygen atoms in total. The standard InChI is InChI=1S/C25H40O4/c1-4-29-22(28)7-5-6-16-8-9-19-23-20(11-13-24(16,19)2)25(3)12-10-18(26)14-17(25)15-21(23)27/h16-17,19-21,23,27H,4-15H2,1-3H3. The van der Waals surface area contributed by atoms with Crippen molar-refractivity contribution in [3.05, 3.63) is 0 Å². The Morgan fingerprint density at radius 1 is 1.14 bits per heavy atom. The zero-order valence-electron chi connectivity index (χ0n) is 18.6. The number of fused-ring (bicyclic) bond motifs is 5. The summed E-state index contributed by atoms with van der Waals surface area (Å²) >= 11 is 0. The Labute approximate surface area is 176 Å². The van der Waals surface area contributed by atoms with E-state index >= 15 is 0 Å². The summed E-state index contributed by atoms with van der Waals surface area (Å²) in [6.45, 7) is 7.24. The van der Waals surface area contributed by atoms with Crippen LogP contribution in [0.5, 0.6) is 0 Å². The van der Waals surface area contributed by atoms with Crippen LogP contribution in [0, 0.1) is 40.4 Å². The Balaban J connectivity index is 1.46. The van der Waals surface area contributed by atoms with E-state index in [1.807, 2.05) is 6.92 Å². The normalized spacial score (nSPS) is 46.6. The zero-order chi connectivity index (χ0) is 20.8. The first-order valence-electron chi connectivity index (χ1n) is 12.1. The van der Waals surface area contributed by atoms with Gasteiger partial charge in [-0.3, -0.25) is 9.59 Å². The summed E-state index contributed by atoms with van der Waals surface area (Å²) in [4.78, 5) is 23.8. The van der Waals surface area contributed by atoms with Crippen LogP contribution < -0.4 is 0 Å². The highest BCUT2D eigenvalue weighted by Gasteiger charge is 2.62. The van der Waals surface area contributed by atoms with E-state index in [0.29, 0.717) is 60.2 Å². The molecule has 8 unspecified atom stereocenters. The molecule has 0 bridgehead atoms. The highest BCUT2D eigenvalue weighted by Crippen LogP contribution is 2.67. The maximum Gasteiger partial charge on any atom is 0.305 e. The van der Waals surface area contributed by atoms with Gasteiger partial charge in [0.25, 0.3) is 0 Å². The van der Waals surface area contributed by atoms with Crippen molar-refractivity contribution in [3.8, 4) is 0 Å². The largest absolute Gasteiger partial charge is 0.466 e. The van der Waals surface area contributed by atoms with Crippen molar-refractivity contribution in [2.45, 2.75) is 97.5 Å². The van der Waals surface area contributed by atoms with Gasteiger partial charge in [0.15, 0.2) is 0 Å². The quantitative estimate of drug-likeness (QED) is 0.661. The number of Topliss-reactive ketones (excluding diaryl/α,β-unsaturated/α-hetero) is 1. The van der Waals surface area contributed by atoms with Gasteiger partial charge in [-0.2, -0.15) is 0 Å². The molecule has 0 aromatic heterocycles. The van der Waals surface area contributed by atoms with E-state index in [1.165, 1.54) is 25.7 Å². The molecule has 0 radical (unpaired) electrons. The first-order valence-corrected chi connectivity index (χ1v) is 12.1. The van der Waals surface area contributed by atoms with E-state index in [0.717, 1.165) is 32.1 Å². The Hall–Kier alpha value is -0.900. The van der Waals surface area contributed by atoms with E-state index < -0.39 is 0 Å². The van der Waals surface area contributed by atoms with Crippen molar-refractivity contribution < 1.29 is 19.4 Å². The Morgan fingerprint density at radius 3 is 2.66 bits per heavy atom. The first-order chi connectivity index (χ1) is 13.8. The summed E-state index contributed by atoms with van der Waals surface area (Å²) in [6.07, 6.45) is 10.5. The molecule has 4 heteroatoms. The van der Waals surface area contributed by atoms with Crippen LogP contribution in [0.25, 0.3) is 0 Å². The minimum atomic E-state index is -0.244. The van der Waals surface area contributed by atoms with Crippen LogP contribution in [0.3, 0.4) is 0 Å². The molecule has 0 aliphatic heterocycles. The van der Waals surface area contributed by atoms with Crippen molar-refractivity contribution in [1.82, 2.24) is 0 Å². The van der Waals surface area contributed by atoms with Gasteiger partial charge in [-0.15, -0.1) is 0 Å². The lowest BCUT2D eigenvalue weighted by atomic mass is 9.44. The van der Waals surface area contributed by atoms with Crippen molar-refractivity contribution >= 4 is 11.8 Å². The third-order valence-electron chi connectivity index (χ3n) is 9.93. The fourth-order valence-electron chi connectivity index (χ4n) is 8.32. The smallest absolute Gasteiger partial charge is 0.305 e. The van der Waals surface area contributed by atoms with Gasteiger partial charge in [0, 0.05) is 19.3 Å². The minimum Gasteiger partial charge on any atom is -0.466 e. The molecule has 0 saturated heterocycles. The SMILES string of the molecule is CCOC(=O)CCCC1CCC2C3C(O)CC4CC(=O)CCC4(C)C3CCC12C. The van der Waals surface area contributed by atoms with Crippen LogP contribution in [0.2, 0.25) is 0 Å². The van der Waals surface area contributed by atoms with Crippen LogP contribution in [-0.4, -0.2) is 29.6 Å². The Kier molecular flexibility index (Phi) is 5.87. The van der Waals surface area contributed by atoms with Crippen LogP contribution in [0.15, 0.2) is 0 Å². The molecule has 0 amide bonds. The maximum atomic E-state index is 12.1. The number of aliphatic hydroxyl groups excluding tert-OH is 1. The summed E-state index contributed by atoms with van der Waals surface area (Å²) in [7, 11) is 0. The molecular weight excluding hydrogens is 364 g/mol. The van der Waals surface area contributed by atoms with E-state index in [2.05, 4.69) is 13.8 Å². The molecular formula is C25H40O4. The fraction of sp³-hybridized carbons (Fsp3) is 0.920. The van der Waals surface area contributed by atoms with Crippen LogP contribution in [0.4, 0.5) is 0 Å². The van der Waals surface area contributed by atoms with Gasteiger partial charge in [-0.1, -0.05) is 13.8 Å². The third kappa shape index (κ3) is 3.58. The van der Waals surface area contributed by atoms with Crippen molar-refractivity contribution in [2.24, 2.45) is 40.4 Å². The maximum absolute atomic E-state index is 12.1. The van der Waals surface area contributed by atoms with E-state index in [9.17, 15) is 14.7 Å². The number of ketones is 1. The van der Waals surface area contributed by atoms with Gasteiger partial charge in [-0.05, 0) is 98.7 Å². The lowest BCUT2D eigenvalue weighted by Crippen LogP contribution is -2.58. The second-order valence-electron chi connectivity index (χ2n) is 11.1. The number of ether oxygens (including phenoxy) is 1. The number of esters is 1. The number of hydrogen-bond acceptors (Lipinski definition) is 4. The van der Waals surface area contributed by atoms with Crippen molar-refractivity contribution in [1.29, 1.82) is 0 Å². The summed E-state index contributed by atoms with van der Waals surface area (Å²) in [5.74, 6) is 2.95. The predicted molar refractivity (Wildman–Crippen MR) is 112 cm³/mol. The van der Waals surface area contributed by atoms with E-state index in [1.54, 1.807) is 0 Å². The van der Waals surface area contributed by atoms with Crippen molar-refractivity contribution in [3.63, 3.8) is 0 Å². The highest BCUT2D eigenvalue weighted by atomic mass is 16.5. The van der Waals surface area contributed by atoms with Crippen LogP contribution in [-0.2, 0) is 14.3 Å². The van der Waals surface area contributed by atoms with Gasteiger partial charge >= 0.3 is 5.97 Å². The average Bonchev–Trinajstić information content (AvgIpc) is 3.00. The predicted octanol–water partition coefficient (Wildman–Crippen LogP) is 4.92. The van der Waals surface area contributed by atoms with Gasteiger partial charge < -0.3 is 9.84 Å². The molecule has 4 aliphatic rings. The lowest BCUT2D eigenvalue weighted by Gasteiger charge is -2.61. The zero-order valence-corrected chi connectivity index (χ0v) is 18.6. The van der Waals surface area contributed by atoms with Gasteiger partial charge in [0.05, 0.1) is 12.7 Å². The number of rotatable bonds is 5. The average molecular weight is 405 g/mol. The third-order valence-corrected chi connectivity index (χ3v) is 9.93. The van der Waals surface area contributed by atoms with E-state index in [-0.39, 0.29) is 17.5 Å². The minimum absolute atomic E-state index is 0.0653. The topological polar surface area (TPSA) is 63.6 Å². The number of carbonyl (C=O) groups excluding carboxylic acids is 2. The van der Waals surface area contributed by atoms with E-state index in [4.69, 9.17) is 4.74 Å². The number of hydrogen-bond donors (Lipinski definition) is 1. The molecule has 4 rings (SSSR count). The van der Waals surface area contributed by atoms with Gasteiger partial charge in [0.1, 0.15) is 5.78 Å². The molecule has 1 N–H and O–H groups in total. The molecule has 0 heterocycles. The summed E-state index contributed by atoms with van der Waals surface area (Å²) in [6, 6.07) is 0. The molecule has 4 aliphatic carbocycles. The summed E-state index contributed by atoms with van der Waals surface area (Å²) in [5, 5.41) is 11.2. The first kappa shape index (κ1) is 21.3. The molecule has 8 atom stereocenters. The Morgan fingerprint density at radius 2 is 1.90 bits per heavy atom. The van der Waals surface area contributed by atoms with Crippen LogP contribution >= 0.6 is 0 Å². The second kappa shape index (κ2) is 7.98. The molecule has 0 spiro atoms. The van der Waals surface area contributed by atoms with Crippen LogP contribution in [0.1, 0.15) is 91.4 Å². The summed E-state index contributed by atoms with van der Waals surface area (Å²) < 4.78 is 5.10. The Bertz CT molecular complexity index is 645. The van der Waals surface area contributed by atoms with Crippen molar-refractivity contribution in [2.75, 3.05) is 6.61 Å². The molecule has 0 aromatic carbocycles. The van der Waals surface area contributed by atoms with Gasteiger partial charge in [0.2, 0.25) is 0 Å². The lowest BCUT2D eigenvalue weighted by molar-refractivity contribution is -0.167. The molecule has 4 saturated carbocycles. The molecule has 164 valence electrons. The second-order valence-corrected chi connectivity index (χ2v) is 11.1. The summed E-state index contributed by atoms with van der Waals surface area (Å²) in [5.41, 5.74) is 0.533. The monoisotopic (exact) mass is 404 g/mol. The number of aliphatic hydroxyl groups is 1. The molecule has 4 fully saturated rings. The highest BCUT2D eigenvalue weighted by molar-refractivity contribution is 5.79. The molecule has 0 aromatic rings. The molecule has 29 heavy (non-hydrogen) atoms. The van der Waals surface area contributed by atoms with Gasteiger partial charge in [-0.25, -0.2) is 0 Å².